The van der Waals surface area contributed by atoms with Gasteiger partial charge in [-0.05, 0) is 53.4 Å². The zero-order valence-corrected chi connectivity index (χ0v) is 14.7. The summed E-state index contributed by atoms with van der Waals surface area (Å²) in [7, 11) is 0. The van der Waals surface area contributed by atoms with Crippen LogP contribution in [0.2, 0.25) is 0 Å². The highest BCUT2D eigenvalue weighted by Crippen LogP contribution is 2.29. The minimum absolute atomic E-state index is 0.129. The van der Waals surface area contributed by atoms with Crippen LogP contribution < -0.4 is 0 Å². The number of nitrogens with zero attached hydrogens (tertiary/aromatic N) is 2. The van der Waals surface area contributed by atoms with Crippen molar-refractivity contribution in [2.24, 2.45) is 0 Å². The maximum atomic E-state index is 9.46. The summed E-state index contributed by atoms with van der Waals surface area (Å²) >= 11 is 0. The Hall–Kier alpha value is -3.22. The number of aromatic nitrogens is 2. The molecule has 0 aliphatic carbocycles. The summed E-state index contributed by atoms with van der Waals surface area (Å²) in [5.41, 5.74) is 6.04. The van der Waals surface area contributed by atoms with Gasteiger partial charge in [0.25, 0.3) is 5.89 Å². The molecule has 0 atom stereocenters. The number of aliphatic hydroxyl groups is 2. The second-order valence-electron chi connectivity index (χ2n) is 6.26. The Balaban J connectivity index is 1.66. The first-order valence-electron chi connectivity index (χ1n) is 8.51. The third kappa shape index (κ3) is 3.28. The Kier molecular flexibility index (Phi) is 4.58. The van der Waals surface area contributed by atoms with E-state index in [4.69, 9.17) is 8.94 Å². The second-order valence-corrected chi connectivity index (χ2v) is 6.26. The van der Waals surface area contributed by atoms with E-state index >= 15 is 0 Å². The maximum Gasteiger partial charge on any atom is 0.258 e. The predicted octanol–water partition coefficient (Wildman–Crippen LogP) is 3.96. The molecule has 27 heavy (non-hydrogen) atoms. The molecular formula is C21H18N2O4. The van der Waals surface area contributed by atoms with E-state index in [1.54, 1.807) is 30.7 Å². The smallest absolute Gasteiger partial charge is 0.258 e. The van der Waals surface area contributed by atoms with Crippen molar-refractivity contribution in [3.8, 4) is 34.0 Å². The number of rotatable bonds is 5. The Morgan fingerprint density at radius 3 is 2.41 bits per heavy atom. The fraction of sp³-hybridized carbons (Fsp3) is 0.143. The summed E-state index contributed by atoms with van der Waals surface area (Å²) in [6.07, 6.45) is 3.36. The van der Waals surface area contributed by atoms with Gasteiger partial charge in [0.15, 0.2) is 0 Å². The molecule has 0 saturated carbocycles. The van der Waals surface area contributed by atoms with Crippen molar-refractivity contribution >= 4 is 0 Å². The standard InChI is InChI=1S/C21H18N2O4/c1-13-8-15(4-5-19(13)17-6-7-26-12-17)21-22-20(23-27-21)14-2-3-16(10-24)18(9-14)11-25/h2-9,12,24-25H,10-11H2,1H3. The molecule has 0 unspecified atom stereocenters. The van der Waals surface area contributed by atoms with Crippen molar-refractivity contribution < 1.29 is 19.2 Å². The van der Waals surface area contributed by atoms with Gasteiger partial charge in [-0.25, -0.2) is 0 Å². The van der Waals surface area contributed by atoms with Crippen LogP contribution >= 0.6 is 0 Å². The van der Waals surface area contributed by atoms with Crippen molar-refractivity contribution in [2.75, 3.05) is 0 Å². The highest BCUT2D eigenvalue weighted by molar-refractivity contribution is 5.71. The molecule has 2 heterocycles. The first-order chi connectivity index (χ1) is 13.2. The third-order valence-electron chi connectivity index (χ3n) is 4.54. The number of aryl methyl sites for hydroxylation is 1. The van der Waals surface area contributed by atoms with Crippen LogP contribution in [0.5, 0.6) is 0 Å². The van der Waals surface area contributed by atoms with Crippen molar-refractivity contribution in [3.05, 3.63) is 71.7 Å². The van der Waals surface area contributed by atoms with E-state index in [1.165, 1.54) is 0 Å². The summed E-state index contributed by atoms with van der Waals surface area (Å²) in [5.74, 6) is 0.851. The highest BCUT2D eigenvalue weighted by atomic mass is 16.5. The number of hydrogen-bond acceptors (Lipinski definition) is 6. The fourth-order valence-corrected chi connectivity index (χ4v) is 3.06. The SMILES string of the molecule is Cc1cc(-c2nc(-c3ccc(CO)c(CO)c3)no2)ccc1-c1ccoc1. The molecule has 0 amide bonds. The van der Waals surface area contributed by atoms with Gasteiger partial charge in [0, 0.05) is 16.7 Å². The monoisotopic (exact) mass is 362 g/mol. The van der Waals surface area contributed by atoms with Gasteiger partial charge in [0.2, 0.25) is 5.82 Å². The Bertz CT molecular complexity index is 1070. The van der Waals surface area contributed by atoms with Gasteiger partial charge in [0.1, 0.15) is 0 Å². The van der Waals surface area contributed by atoms with E-state index in [2.05, 4.69) is 10.1 Å². The first kappa shape index (κ1) is 17.2. The van der Waals surface area contributed by atoms with Crippen LogP contribution in [0.15, 0.2) is 63.9 Å². The molecular weight excluding hydrogens is 344 g/mol. The van der Waals surface area contributed by atoms with Crippen LogP contribution in [0.3, 0.4) is 0 Å². The summed E-state index contributed by atoms with van der Waals surface area (Å²) in [4.78, 5) is 4.47. The summed E-state index contributed by atoms with van der Waals surface area (Å²) in [6, 6.07) is 13.1. The molecule has 6 nitrogen and oxygen atoms in total. The largest absolute Gasteiger partial charge is 0.472 e. The topological polar surface area (TPSA) is 92.5 Å². The molecule has 0 aliphatic heterocycles. The summed E-state index contributed by atoms with van der Waals surface area (Å²) < 4.78 is 10.6. The molecule has 0 saturated heterocycles. The average molecular weight is 362 g/mol. The lowest BCUT2D eigenvalue weighted by Gasteiger charge is -2.05. The normalized spacial score (nSPS) is 11.1. The Labute approximate surface area is 155 Å². The highest BCUT2D eigenvalue weighted by Gasteiger charge is 2.14. The minimum atomic E-state index is -0.164. The molecule has 0 bridgehead atoms. The molecule has 0 radical (unpaired) electrons. The lowest BCUT2D eigenvalue weighted by atomic mass is 10.0. The lowest BCUT2D eigenvalue weighted by Crippen LogP contribution is -1.95. The van der Waals surface area contributed by atoms with E-state index in [0.29, 0.717) is 22.8 Å². The second kappa shape index (κ2) is 7.19. The van der Waals surface area contributed by atoms with E-state index in [1.807, 2.05) is 31.2 Å². The molecule has 2 N–H and O–H groups in total. The zero-order chi connectivity index (χ0) is 18.8. The van der Waals surface area contributed by atoms with Crippen LogP contribution in [0.1, 0.15) is 16.7 Å². The molecule has 4 aromatic rings. The van der Waals surface area contributed by atoms with Crippen molar-refractivity contribution in [2.45, 2.75) is 20.1 Å². The Morgan fingerprint density at radius 2 is 1.70 bits per heavy atom. The summed E-state index contributed by atoms with van der Waals surface area (Å²) in [6.45, 7) is 1.73. The van der Waals surface area contributed by atoms with Crippen LogP contribution in [-0.2, 0) is 13.2 Å². The van der Waals surface area contributed by atoms with Gasteiger partial charge < -0.3 is 19.2 Å². The van der Waals surface area contributed by atoms with Crippen LogP contribution in [-0.4, -0.2) is 20.4 Å². The lowest BCUT2D eigenvalue weighted by molar-refractivity contribution is 0.260. The average Bonchev–Trinajstić information content (AvgIpc) is 3.39. The Morgan fingerprint density at radius 1 is 0.889 bits per heavy atom. The van der Waals surface area contributed by atoms with Crippen molar-refractivity contribution in [3.63, 3.8) is 0 Å². The summed E-state index contributed by atoms with van der Waals surface area (Å²) in [5, 5.41) is 22.8. The molecule has 0 fully saturated rings. The van der Waals surface area contributed by atoms with Gasteiger partial charge in [0.05, 0.1) is 25.7 Å². The van der Waals surface area contributed by atoms with E-state index < -0.39 is 0 Å². The number of furan rings is 1. The van der Waals surface area contributed by atoms with Crippen molar-refractivity contribution in [1.82, 2.24) is 10.1 Å². The van der Waals surface area contributed by atoms with Gasteiger partial charge in [-0.1, -0.05) is 23.4 Å². The van der Waals surface area contributed by atoms with Crippen LogP contribution in [0.25, 0.3) is 34.0 Å². The predicted molar refractivity (Wildman–Crippen MR) is 99.5 cm³/mol. The molecule has 0 aliphatic rings. The van der Waals surface area contributed by atoms with Gasteiger partial charge >= 0.3 is 0 Å². The number of benzene rings is 2. The first-order valence-corrected chi connectivity index (χ1v) is 8.51. The van der Waals surface area contributed by atoms with Crippen LogP contribution in [0.4, 0.5) is 0 Å². The molecule has 2 aromatic heterocycles. The van der Waals surface area contributed by atoms with Crippen molar-refractivity contribution in [1.29, 1.82) is 0 Å². The molecule has 136 valence electrons. The van der Waals surface area contributed by atoms with E-state index in [0.717, 1.165) is 27.8 Å². The number of hydrogen-bond donors (Lipinski definition) is 2. The quantitative estimate of drug-likeness (QED) is 0.558. The van der Waals surface area contributed by atoms with Gasteiger partial charge in [-0.2, -0.15) is 4.98 Å². The van der Waals surface area contributed by atoms with E-state index in [-0.39, 0.29) is 13.2 Å². The van der Waals surface area contributed by atoms with Gasteiger partial charge in [-0.3, -0.25) is 0 Å². The zero-order valence-electron chi connectivity index (χ0n) is 14.7. The maximum absolute atomic E-state index is 9.46. The van der Waals surface area contributed by atoms with Crippen LogP contribution in [0, 0.1) is 6.92 Å². The van der Waals surface area contributed by atoms with Gasteiger partial charge in [-0.15, -0.1) is 0 Å². The minimum Gasteiger partial charge on any atom is -0.472 e. The molecule has 4 rings (SSSR count). The van der Waals surface area contributed by atoms with E-state index in [9.17, 15) is 10.2 Å². The number of aliphatic hydroxyl groups excluding tert-OH is 2. The third-order valence-corrected chi connectivity index (χ3v) is 4.54. The molecule has 6 heteroatoms. The molecule has 0 spiro atoms. The fourth-order valence-electron chi connectivity index (χ4n) is 3.06. The molecule has 2 aromatic carbocycles.